The number of hydrogen-bond acceptors (Lipinski definition) is 5. The lowest BCUT2D eigenvalue weighted by atomic mass is 10.2. The number of nitrogens with one attached hydrogen (secondary N) is 1. The fourth-order valence-corrected chi connectivity index (χ4v) is 1.82. The molecule has 0 saturated carbocycles. The second-order valence-electron chi connectivity index (χ2n) is 4.23. The Kier molecular flexibility index (Phi) is 3.28. The normalized spacial score (nSPS) is 10.4. The van der Waals surface area contributed by atoms with Gasteiger partial charge in [0.2, 0.25) is 11.9 Å². The van der Waals surface area contributed by atoms with Crippen molar-refractivity contribution in [3.63, 3.8) is 0 Å². The first-order valence-corrected chi connectivity index (χ1v) is 6.24. The van der Waals surface area contributed by atoms with Crippen molar-refractivity contribution in [2.75, 3.05) is 11.1 Å². The summed E-state index contributed by atoms with van der Waals surface area (Å²) in [4.78, 5) is 8.37. The van der Waals surface area contributed by atoms with Crippen LogP contribution in [0, 0.1) is 0 Å². The molecule has 20 heavy (non-hydrogen) atoms. The molecule has 0 atom stereocenters. The van der Waals surface area contributed by atoms with E-state index < -0.39 is 0 Å². The smallest absolute Gasteiger partial charge is 0.244 e. The number of aromatic nitrogens is 4. The topological polar surface area (TPSA) is 81.6 Å². The van der Waals surface area contributed by atoms with Crippen molar-refractivity contribution in [1.29, 1.82) is 0 Å². The lowest BCUT2D eigenvalue weighted by Gasteiger charge is -2.01. The largest absolute Gasteiger partial charge is 0.368 e. The molecule has 0 aliphatic heterocycles. The highest BCUT2D eigenvalue weighted by atomic mass is 15.4. The van der Waals surface area contributed by atoms with Gasteiger partial charge in [0.1, 0.15) is 0 Å². The van der Waals surface area contributed by atoms with E-state index >= 15 is 0 Å². The fourth-order valence-electron chi connectivity index (χ4n) is 1.82. The molecule has 0 aliphatic carbocycles. The Morgan fingerprint density at radius 3 is 2.60 bits per heavy atom. The predicted molar refractivity (Wildman–Crippen MR) is 77.3 cm³/mol. The van der Waals surface area contributed by atoms with Crippen LogP contribution in [0.5, 0.6) is 0 Å². The van der Waals surface area contributed by atoms with Gasteiger partial charge in [-0.25, -0.2) is 4.98 Å². The minimum atomic E-state index is 0.305. The van der Waals surface area contributed by atoms with Crippen molar-refractivity contribution < 1.29 is 0 Å². The average Bonchev–Trinajstić information content (AvgIpc) is 2.88. The van der Waals surface area contributed by atoms with E-state index in [1.165, 1.54) is 4.68 Å². The highest BCUT2D eigenvalue weighted by Crippen LogP contribution is 2.11. The van der Waals surface area contributed by atoms with Gasteiger partial charge >= 0.3 is 0 Å². The lowest BCUT2D eigenvalue weighted by molar-refractivity contribution is 0.855. The second kappa shape index (κ2) is 5.40. The molecule has 3 rings (SSSR count). The van der Waals surface area contributed by atoms with Crippen LogP contribution in [0.3, 0.4) is 0 Å². The minimum absolute atomic E-state index is 0.305. The number of benzene rings is 1. The summed E-state index contributed by atoms with van der Waals surface area (Å²) in [5, 5.41) is 7.44. The van der Waals surface area contributed by atoms with Gasteiger partial charge in [0, 0.05) is 12.7 Å². The summed E-state index contributed by atoms with van der Waals surface area (Å²) >= 11 is 0. The van der Waals surface area contributed by atoms with Crippen molar-refractivity contribution in [2.24, 2.45) is 0 Å². The van der Waals surface area contributed by atoms with Crippen molar-refractivity contribution in [3.8, 4) is 5.82 Å². The number of hydrogen-bond donors (Lipinski definition) is 2. The Labute approximate surface area is 116 Å². The standard InChI is InChI=1S/C14H14N6/c15-13-18-14(17-10-11-6-2-1-3-7-11)19-20(13)12-8-4-5-9-16-12/h1-9H,10H2,(H3,15,17,18,19). The zero-order valence-electron chi connectivity index (χ0n) is 10.8. The van der Waals surface area contributed by atoms with Crippen LogP contribution in [0.15, 0.2) is 54.7 Å². The Balaban J connectivity index is 1.76. The van der Waals surface area contributed by atoms with Crippen molar-refractivity contribution in [2.45, 2.75) is 6.54 Å². The first-order valence-electron chi connectivity index (χ1n) is 6.24. The summed E-state index contributed by atoms with van der Waals surface area (Å²) in [6.45, 7) is 0.645. The molecule has 0 radical (unpaired) electrons. The van der Waals surface area contributed by atoms with Gasteiger partial charge in [-0.1, -0.05) is 36.4 Å². The van der Waals surface area contributed by atoms with Crippen LogP contribution in [0.2, 0.25) is 0 Å². The highest BCUT2D eigenvalue weighted by Gasteiger charge is 2.08. The molecule has 100 valence electrons. The van der Waals surface area contributed by atoms with Gasteiger partial charge in [-0.05, 0) is 17.7 Å². The first kappa shape index (κ1) is 12.2. The molecule has 0 amide bonds. The number of nitrogen functional groups attached to an aromatic ring is 1. The average molecular weight is 266 g/mol. The molecule has 3 aromatic rings. The molecule has 2 heterocycles. The van der Waals surface area contributed by atoms with Crippen LogP contribution in [0.25, 0.3) is 5.82 Å². The van der Waals surface area contributed by atoms with Gasteiger partial charge in [-0.2, -0.15) is 9.67 Å². The SMILES string of the molecule is Nc1nc(NCc2ccccc2)nn1-c1ccccn1. The Morgan fingerprint density at radius 1 is 1.05 bits per heavy atom. The zero-order valence-corrected chi connectivity index (χ0v) is 10.8. The van der Waals surface area contributed by atoms with E-state index in [-0.39, 0.29) is 0 Å². The van der Waals surface area contributed by atoms with Gasteiger partial charge in [0.25, 0.3) is 0 Å². The summed E-state index contributed by atoms with van der Waals surface area (Å²) in [7, 11) is 0. The number of nitrogens with two attached hydrogens (primary N) is 1. The predicted octanol–water partition coefficient (Wildman–Crippen LogP) is 1.86. The van der Waals surface area contributed by atoms with Crippen LogP contribution >= 0.6 is 0 Å². The van der Waals surface area contributed by atoms with E-state index in [1.807, 2.05) is 48.5 Å². The molecule has 0 bridgehead atoms. The summed E-state index contributed by atoms with van der Waals surface area (Å²) in [6.07, 6.45) is 1.69. The van der Waals surface area contributed by atoms with E-state index in [2.05, 4.69) is 20.4 Å². The highest BCUT2D eigenvalue weighted by molar-refractivity contribution is 5.38. The molecule has 2 aromatic heterocycles. The van der Waals surface area contributed by atoms with E-state index in [9.17, 15) is 0 Å². The van der Waals surface area contributed by atoms with E-state index in [0.29, 0.717) is 24.3 Å². The maximum absolute atomic E-state index is 5.85. The van der Waals surface area contributed by atoms with E-state index in [0.717, 1.165) is 5.56 Å². The van der Waals surface area contributed by atoms with Gasteiger partial charge in [-0.15, -0.1) is 5.10 Å². The fraction of sp³-hybridized carbons (Fsp3) is 0.0714. The van der Waals surface area contributed by atoms with Gasteiger partial charge in [0.05, 0.1) is 0 Å². The third-order valence-corrected chi connectivity index (χ3v) is 2.79. The molecule has 0 aliphatic rings. The number of rotatable bonds is 4. The molecule has 0 saturated heterocycles. The third-order valence-electron chi connectivity index (χ3n) is 2.79. The van der Waals surface area contributed by atoms with Crippen molar-refractivity contribution in [1.82, 2.24) is 19.7 Å². The van der Waals surface area contributed by atoms with Crippen LogP contribution in [-0.2, 0) is 6.54 Å². The van der Waals surface area contributed by atoms with Crippen LogP contribution in [0.4, 0.5) is 11.9 Å². The summed E-state index contributed by atoms with van der Waals surface area (Å²) < 4.78 is 1.51. The van der Waals surface area contributed by atoms with Gasteiger partial charge in [0.15, 0.2) is 5.82 Å². The number of nitrogens with zero attached hydrogens (tertiary/aromatic N) is 4. The molecular formula is C14H14N6. The molecule has 6 nitrogen and oxygen atoms in total. The molecule has 0 spiro atoms. The summed E-state index contributed by atoms with van der Waals surface area (Å²) in [5.74, 6) is 1.43. The summed E-state index contributed by atoms with van der Waals surface area (Å²) in [6, 6.07) is 15.6. The van der Waals surface area contributed by atoms with Crippen LogP contribution in [-0.4, -0.2) is 19.7 Å². The molecule has 1 aromatic carbocycles. The number of anilines is 2. The van der Waals surface area contributed by atoms with Crippen molar-refractivity contribution >= 4 is 11.9 Å². The monoisotopic (exact) mass is 266 g/mol. The maximum atomic E-state index is 5.85. The lowest BCUT2D eigenvalue weighted by Crippen LogP contribution is -2.04. The van der Waals surface area contributed by atoms with Gasteiger partial charge in [-0.3, -0.25) is 0 Å². The Hall–Kier alpha value is -2.89. The zero-order chi connectivity index (χ0) is 13.8. The number of pyridine rings is 1. The maximum Gasteiger partial charge on any atom is 0.244 e. The van der Waals surface area contributed by atoms with Crippen molar-refractivity contribution in [3.05, 3.63) is 60.3 Å². The molecule has 0 fully saturated rings. The Morgan fingerprint density at radius 2 is 1.85 bits per heavy atom. The molecule has 0 unspecified atom stereocenters. The summed E-state index contributed by atoms with van der Waals surface area (Å²) in [5.41, 5.74) is 7.00. The molecular weight excluding hydrogens is 252 g/mol. The van der Waals surface area contributed by atoms with Crippen LogP contribution < -0.4 is 11.1 Å². The van der Waals surface area contributed by atoms with E-state index in [4.69, 9.17) is 5.73 Å². The van der Waals surface area contributed by atoms with E-state index in [1.54, 1.807) is 6.20 Å². The molecule has 6 heteroatoms. The quantitative estimate of drug-likeness (QED) is 0.753. The second-order valence-corrected chi connectivity index (χ2v) is 4.23. The Bertz CT molecular complexity index is 677. The first-order chi connectivity index (χ1) is 9.83. The van der Waals surface area contributed by atoms with Crippen LogP contribution in [0.1, 0.15) is 5.56 Å². The third kappa shape index (κ3) is 2.59. The molecule has 3 N–H and O–H groups in total. The van der Waals surface area contributed by atoms with Gasteiger partial charge < -0.3 is 11.1 Å². The minimum Gasteiger partial charge on any atom is -0.368 e.